The van der Waals surface area contributed by atoms with Crippen LogP contribution in [0.2, 0.25) is 0 Å². The number of carboxylic acid groups (broad SMARTS) is 1. The summed E-state index contributed by atoms with van der Waals surface area (Å²) in [5.41, 5.74) is 1.71. The Hall–Kier alpha value is -2.21. The molecule has 6 heteroatoms. The normalized spacial score (nSPS) is 10.7. The zero-order chi connectivity index (χ0) is 17.9. The molecule has 0 fully saturated rings. The van der Waals surface area contributed by atoms with Crippen molar-refractivity contribution in [2.24, 2.45) is 0 Å². The summed E-state index contributed by atoms with van der Waals surface area (Å²) in [4.78, 5) is 29.8. The van der Waals surface area contributed by atoms with Gasteiger partial charge in [0, 0.05) is 17.1 Å². The maximum absolute atomic E-state index is 12.8. The Morgan fingerprint density at radius 1 is 1.17 bits per heavy atom. The number of hydrogen-bond donors (Lipinski definition) is 1. The van der Waals surface area contributed by atoms with E-state index in [0.717, 1.165) is 10.0 Å². The van der Waals surface area contributed by atoms with Crippen LogP contribution < -0.4 is 0 Å². The van der Waals surface area contributed by atoms with Crippen LogP contribution in [0, 0.1) is 6.92 Å². The number of carbonyl (C=O) groups excluding carboxylic acids is 1. The van der Waals surface area contributed by atoms with E-state index < -0.39 is 5.97 Å². The van der Waals surface area contributed by atoms with E-state index in [1.54, 1.807) is 11.8 Å². The minimum absolute atomic E-state index is 0.0117. The van der Waals surface area contributed by atoms with Crippen molar-refractivity contribution >= 4 is 27.8 Å². The van der Waals surface area contributed by atoms with Gasteiger partial charge in [0.15, 0.2) is 0 Å². The van der Waals surface area contributed by atoms with E-state index in [0.29, 0.717) is 12.2 Å². The highest BCUT2D eigenvalue weighted by molar-refractivity contribution is 9.10. The molecule has 0 aliphatic carbocycles. The molecule has 0 aliphatic rings. The highest BCUT2D eigenvalue weighted by Crippen LogP contribution is 2.16. The van der Waals surface area contributed by atoms with Gasteiger partial charge in [0.2, 0.25) is 0 Å². The van der Waals surface area contributed by atoms with E-state index >= 15 is 0 Å². The second-order valence-corrected chi connectivity index (χ2v) is 6.70. The summed E-state index contributed by atoms with van der Waals surface area (Å²) in [6, 6.07) is 10.7. The van der Waals surface area contributed by atoms with Gasteiger partial charge in [-0.2, -0.15) is 0 Å². The van der Waals surface area contributed by atoms with Gasteiger partial charge in [0.05, 0.1) is 11.3 Å². The molecule has 1 N–H and O–H groups in total. The van der Waals surface area contributed by atoms with Crippen LogP contribution in [-0.2, 0) is 6.54 Å². The van der Waals surface area contributed by atoms with E-state index in [1.807, 2.05) is 38.1 Å². The van der Waals surface area contributed by atoms with E-state index in [9.17, 15) is 9.59 Å². The van der Waals surface area contributed by atoms with E-state index in [-0.39, 0.29) is 23.2 Å². The average molecular weight is 391 g/mol. The lowest BCUT2D eigenvalue weighted by atomic mass is 10.1. The van der Waals surface area contributed by atoms with Gasteiger partial charge in [-0.15, -0.1) is 0 Å². The van der Waals surface area contributed by atoms with Crippen LogP contribution in [0.25, 0.3) is 0 Å². The Morgan fingerprint density at radius 3 is 2.29 bits per heavy atom. The molecule has 0 unspecified atom stereocenters. The van der Waals surface area contributed by atoms with E-state index in [2.05, 4.69) is 20.9 Å². The van der Waals surface area contributed by atoms with Crippen LogP contribution >= 0.6 is 15.9 Å². The van der Waals surface area contributed by atoms with Crippen molar-refractivity contribution in [3.8, 4) is 0 Å². The van der Waals surface area contributed by atoms with Crippen LogP contribution in [0.5, 0.6) is 0 Å². The first-order valence-electron chi connectivity index (χ1n) is 7.56. The highest BCUT2D eigenvalue weighted by Gasteiger charge is 2.21. The molecule has 0 atom stereocenters. The zero-order valence-electron chi connectivity index (χ0n) is 13.8. The fourth-order valence-electron chi connectivity index (χ4n) is 2.33. The van der Waals surface area contributed by atoms with Crippen LogP contribution in [-0.4, -0.2) is 32.9 Å². The third-order valence-electron chi connectivity index (χ3n) is 3.69. The molecule has 5 nitrogen and oxygen atoms in total. The van der Waals surface area contributed by atoms with Gasteiger partial charge >= 0.3 is 5.97 Å². The summed E-state index contributed by atoms with van der Waals surface area (Å²) in [7, 11) is 0. The van der Waals surface area contributed by atoms with Crippen molar-refractivity contribution < 1.29 is 14.7 Å². The van der Waals surface area contributed by atoms with Crippen molar-refractivity contribution in [1.29, 1.82) is 0 Å². The summed E-state index contributed by atoms with van der Waals surface area (Å²) in [5.74, 6) is -1.26. The molecule has 0 spiro atoms. The van der Waals surface area contributed by atoms with Gasteiger partial charge in [0.25, 0.3) is 5.91 Å². The van der Waals surface area contributed by atoms with Crippen molar-refractivity contribution in [3.63, 3.8) is 0 Å². The third-order valence-corrected chi connectivity index (χ3v) is 4.21. The largest absolute Gasteiger partial charge is 0.478 e. The molecule has 2 rings (SSSR count). The number of carboxylic acids is 1. The van der Waals surface area contributed by atoms with Crippen molar-refractivity contribution in [1.82, 2.24) is 9.88 Å². The topological polar surface area (TPSA) is 70.5 Å². The first-order chi connectivity index (χ1) is 11.3. The molecule has 0 aliphatic heterocycles. The zero-order valence-corrected chi connectivity index (χ0v) is 15.4. The quantitative estimate of drug-likeness (QED) is 0.839. The van der Waals surface area contributed by atoms with Gasteiger partial charge < -0.3 is 10.0 Å². The van der Waals surface area contributed by atoms with Crippen LogP contribution in [0.1, 0.15) is 46.0 Å². The number of aromatic nitrogens is 1. The van der Waals surface area contributed by atoms with Gasteiger partial charge in [-0.05, 0) is 50.6 Å². The standard InChI is InChI=1S/C18H19BrN2O3/c1-11(2)21(10-13-4-6-14(19)7-5-13)17(22)16-9-8-15(18(23)24)12(3)20-16/h4-9,11H,10H2,1-3H3,(H,23,24). The maximum Gasteiger partial charge on any atom is 0.337 e. The molecule has 1 heterocycles. The minimum atomic E-state index is -1.05. The lowest BCUT2D eigenvalue weighted by molar-refractivity contribution is 0.0672. The Kier molecular flexibility index (Phi) is 5.72. The molecule has 126 valence electrons. The number of rotatable bonds is 5. The second-order valence-electron chi connectivity index (χ2n) is 5.79. The fourth-order valence-corrected chi connectivity index (χ4v) is 2.59. The Labute approximate surface area is 149 Å². The van der Waals surface area contributed by atoms with Crippen LogP contribution in [0.15, 0.2) is 40.9 Å². The number of aryl methyl sites for hydroxylation is 1. The molecule has 0 saturated carbocycles. The molecule has 1 amide bonds. The first kappa shape index (κ1) is 18.1. The maximum atomic E-state index is 12.8. The van der Waals surface area contributed by atoms with Gasteiger partial charge in [-0.25, -0.2) is 9.78 Å². The van der Waals surface area contributed by atoms with E-state index in [4.69, 9.17) is 5.11 Å². The molecule has 0 bridgehead atoms. The molecule has 2 aromatic rings. The lowest BCUT2D eigenvalue weighted by Crippen LogP contribution is -2.37. The Morgan fingerprint density at radius 2 is 1.79 bits per heavy atom. The number of amides is 1. The molecule has 24 heavy (non-hydrogen) atoms. The molecular formula is C18H19BrN2O3. The van der Waals surface area contributed by atoms with E-state index in [1.165, 1.54) is 12.1 Å². The van der Waals surface area contributed by atoms with Crippen LogP contribution in [0.3, 0.4) is 0 Å². The number of benzene rings is 1. The predicted molar refractivity (Wildman–Crippen MR) is 95.1 cm³/mol. The number of halogens is 1. The SMILES string of the molecule is Cc1nc(C(=O)N(Cc2ccc(Br)cc2)C(C)C)ccc1C(=O)O. The van der Waals surface area contributed by atoms with Gasteiger partial charge in [-0.1, -0.05) is 28.1 Å². The monoisotopic (exact) mass is 390 g/mol. The van der Waals surface area contributed by atoms with Gasteiger partial charge in [0.1, 0.15) is 5.69 Å². The minimum Gasteiger partial charge on any atom is -0.478 e. The van der Waals surface area contributed by atoms with Crippen molar-refractivity contribution in [2.45, 2.75) is 33.4 Å². The van der Waals surface area contributed by atoms with Crippen molar-refractivity contribution in [2.75, 3.05) is 0 Å². The number of carbonyl (C=O) groups is 2. The van der Waals surface area contributed by atoms with Crippen LogP contribution in [0.4, 0.5) is 0 Å². The molecule has 0 radical (unpaired) electrons. The molecule has 1 aromatic heterocycles. The summed E-state index contributed by atoms with van der Waals surface area (Å²) in [6.45, 7) is 5.93. The fraction of sp³-hybridized carbons (Fsp3) is 0.278. The number of pyridine rings is 1. The van der Waals surface area contributed by atoms with Gasteiger partial charge in [-0.3, -0.25) is 4.79 Å². The van der Waals surface area contributed by atoms with Crippen molar-refractivity contribution in [3.05, 3.63) is 63.4 Å². The summed E-state index contributed by atoms with van der Waals surface area (Å²) in [5, 5.41) is 9.07. The molecule has 0 saturated heterocycles. The third kappa shape index (κ3) is 4.20. The number of nitrogens with zero attached hydrogens (tertiary/aromatic N) is 2. The first-order valence-corrected chi connectivity index (χ1v) is 8.35. The molecular weight excluding hydrogens is 372 g/mol. The molecule has 1 aromatic carbocycles. The summed E-state index contributed by atoms with van der Waals surface area (Å²) in [6.07, 6.45) is 0. The average Bonchev–Trinajstić information content (AvgIpc) is 2.53. The smallest absolute Gasteiger partial charge is 0.337 e. The highest BCUT2D eigenvalue weighted by atomic mass is 79.9. The lowest BCUT2D eigenvalue weighted by Gasteiger charge is -2.26. The predicted octanol–water partition coefficient (Wildman–Crippen LogP) is 3.90. The number of hydrogen-bond acceptors (Lipinski definition) is 3. The summed E-state index contributed by atoms with van der Waals surface area (Å²) >= 11 is 3.39. The Balaban J connectivity index is 2.27. The summed E-state index contributed by atoms with van der Waals surface area (Å²) < 4.78 is 0.982. The number of aromatic carboxylic acids is 1. The Bertz CT molecular complexity index is 757. The second kappa shape index (κ2) is 7.57.